The van der Waals surface area contributed by atoms with Crippen molar-refractivity contribution < 1.29 is 9.53 Å². The Labute approximate surface area is 118 Å². The maximum Gasteiger partial charge on any atom is 0.312 e. The van der Waals surface area contributed by atoms with Crippen LogP contribution in [0, 0.1) is 22.2 Å². The molecule has 2 aliphatic rings. The number of hydrogen-bond donors (Lipinski definition) is 0. The summed E-state index contributed by atoms with van der Waals surface area (Å²) in [6, 6.07) is 0. The fraction of sp³-hybridized carbons (Fsp3) is 0.941. The Morgan fingerprint density at radius 2 is 1.84 bits per heavy atom. The molecule has 0 saturated heterocycles. The van der Waals surface area contributed by atoms with Crippen molar-refractivity contribution in [2.24, 2.45) is 22.2 Å². The van der Waals surface area contributed by atoms with Crippen LogP contribution in [0.1, 0.15) is 74.1 Å². The molecule has 0 aromatic heterocycles. The van der Waals surface area contributed by atoms with Gasteiger partial charge in [0.05, 0.1) is 5.41 Å². The first-order valence-electron chi connectivity index (χ1n) is 7.74. The summed E-state index contributed by atoms with van der Waals surface area (Å²) in [4.78, 5) is 12.5. The molecule has 2 saturated carbocycles. The van der Waals surface area contributed by atoms with Crippen LogP contribution < -0.4 is 0 Å². The van der Waals surface area contributed by atoms with Crippen molar-refractivity contribution in [3.63, 3.8) is 0 Å². The molecule has 3 unspecified atom stereocenters. The topological polar surface area (TPSA) is 26.3 Å². The second kappa shape index (κ2) is 3.99. The first-order valence-corrected chi connectivity index (χ1v) is 7.74. The zero-order valence-corrected chi connectivity index (χ0v) is 13.7. The van der Waals surface area contributed by atoms with Crippen LogP contribution in [0.15, 0.2) is 0 Å². The quantitative estimate of drug-likeness (QED) is 0.699. The highest BCUT2D eigenvalue weighted by molar-refractivity contribution is 5.76. The standard InChI is InChI=1S/C17H30O2/c1-8-14(2,3)13(18)19-17(7)11-12-9-10-16(17,6)15(12,4)5/h12H,8-11H2,1-7H3. The molecule has 0 aromatic rings. The maximum atomic E-state index is 12.5. The van der Waals surface area contributed by atoms with Crippen LogP contribution in [-0.2, 0) is 9.53 Å². The van der Waals surface area contributed by atoms with E-state index in [1.54, 1.807) is 0 Å². The largest absolute Gasteiger partial charge is 0.458 e. The lowest BCUT2D eigenvalue weighted by molar-refractivity contribution is -0.185. The number of hydrogen-bond acceptors (Lipinski definition) is 2. The molecule has 110 valence electrons. The van der Waals surface area contributed by atoms with Gasteiger partial charge in [0.25, 0.3) is 0 Å². The maximum absolute atomic E-state index is 12.5. The van der Waals surface area contributed by atoms with Gasteiger partial charge in [0, 0.05) is 5.41 Å². The second-order valence-corrected chi connectivity index (χ2v) is 8.35. The van der Waals surface area contributed by atoms with Gasteiger partial charge >= 0.3 is 5.97 Å². The molecule has 3 atom stereocenters. The predicted octanol–water partition coefficient (Wildman–Crippen LogP) is 4.57. The summed E-state index contributed by atoms with van der Waals surface area (Å²) in [5, 5.41) is 0. The smallest absolute Gasteiger partial charge is 0.312 e. The summed E-state index contributed by atoms with van der Waals surface area (Å²) in [6.07, 6.45) is 4.32. The molecular weight excluding hydrogens is 236 g/mol. The molecule has 0 amide bonds. The van der Waals surface area contributed by atoms with Crippen molar-refractivity contribution in [2.45, 2.75) is 79.8 Å². The van der Waals surface area contributed by atoms with Crippen molar-refractivity contribution in [1.29, 1.82) is 0 Å². The fourth-order valence-corrected chi connectivity index (χ4v) is 4.24. The van der Waals surface area contributed by atoms with Gasteiger partial charge in [-0.2, -0.15) is 0 Å². The van der Waals surface area contributed by atoms with E-state index in [9.17, 15) is 4.79 Å². The van der Waals surface area contributed by atoms with Crippen LogP contribution >= 0.6 is 0 Å². The van der Waals surface area contributed by atoms with E-state index >= 15 is 0 Å². The van der Waals surface area contributed by atoms with E-state index in [1.165, 1.54) is 12.8 Å². The number of esters is 1. The lowest BCUT2D eigenvalue weighted by Crippen LogP contribution is -2.49. The second-order valence-electron chi connectivity index (χ2n) is 8.35. The molecule has 2 rings (SSSR count). The molecule has 0 aliphatic heterocycles. The predicted molar refractivity (Wildman–Crippen MR) is 77.8 cm³/mol. The molecule has 0 spiro atoms. The van der Waals surface area contributed by atoms with E-state index in [1.807, 2.05) is 13.8 Å². The Bertz CT molecular complexity index is 396. The van der Waals surface area contributed by atoms with Crippen LogP contribution in [0.4, 0.5) is 0 Å². The van der Waals surface area contributed by atoms with Gasteiger partial charge in [-0.15, -0.1) is 0 Å². The van der Waals surface area contributed by atoms with Crippen molar-refractivity contribution in [3.05, 3.63) is 0 Å². The van der Waals surface area contributed by atoms with Gasteiger partial charge in [0.1, 0.15) is 5.60 Å². The number of ether oxygens (including phenoxy) is 1. The van der Waals surface area contributed by atoms with Gasteiger partial charge in [-0.1, -0.05) is 27.7 Å². The summed E-state index contributed by atoms with van der Waals surface area (Å²) in [5.74, 6) is 0.669. The Kier molecular flexibility index (Phi) is 3.12. The fourth-order valence-electron chi connectivity index (χ4n) is 4.24. The molecule has 0 heterocycles. The normalized spacial score (nSPS) is 40.5. The Hall–Kier alpha value is -0.530. The molecule has 0 radical (unpaired) electrons. The number of carbonyl (C=O) groups is 1. The highest BCUT2D eigenvalue weighted by Gasteiger charge is 2.69. The van der Waals surface area contributed by atoms with E-state index in [2.05, 4.69) is 34.6 Å². The zero-order valence-electron chi connectivity index (χ0n) is 13.7. The zero-order chi connectivity index (χ0) is 14.7. The van der Waals surface area contributed by atoms with E-state index in [0.29, 0.717) is 5.92 Å². The third kappa shape index (κ3) is 1.78. The van der Waals surface area contributed by atoms with E-state index in [-0.39, 0.29) is 27.8 Å². The molecule has 2 nitrogen and oxygen atoms in total. The molecule has 2 fully saturated rings. The average molecular weight is 266 g/mol. The Morgan fingerprint density at radius 3 is 2.21 bits per heavy atom. The molecule has 0 N–H and O–H groups in total. The summed E-state index contributed by atoms with van der Waals surface area (Å²) in [7, 11) is 0. The summed E-state index contributed by atoms with van der Waals surface area (Å²) in [5.41, 5.74) is -0.267. The SMILES string of the molecule is CCC(C)(C)C(=O)OC1(C)CC2CCC1(C)C2(C)C. The molecule has 0 aromatic carbocycles. The van der Waals surface area contributed by atoms with Gasteiger partial charge in [0.15, 0.2) is 0 Å². The molecule has 2 heteroatoms. The molecule has 19 heavy (non-hydrogen) atoms. The van der Waals surface area contributed by atoms with Gasteiger partial charge in [-0.3, -0.25) is 4.79 Å². The van der Waals surface area contributed by atoms with Crippen LogP contribution in [0.25, 0.3) is 0 Å². The van der Waals surface area contributed by atoms with Gasteiger partial charge in [-0.25, -0.2) is 0 Å². The summed E-state index contributed by atoms with van der Waals surface area (Å²) in [6.45, 7) is 15.2. The van der Waals surface area contributed by atoms with Crippen LogP contribution in [0.2, 0.25) is 0 Å². The minimum absolute atomic E-state index is 0.0259. The minimum atomic E-state index is -0.370. The highest BCUT2D eigenvalue weighted by Crippen LogP contribution is 2.70. The van der Waals surface area contributed by atoms with Crippen molar-refractivity contribution in [2.75, 3.05) is 0 Å². The average Bonchev–Trinajstić information content (AvgIpc) is 2.60. The van der Waals surface area contributed by atoms with Gasteiger partial charge in [0.2, 0.25) is 0 Å². The monoisotopic (exact) mass is 266 g/mol. The van der Waals surface area contributed by atoms with E-state index < -0.39 is 0 Å². The van der Waals surface area contributed by atoms with Crippen molar-refractivity contribution >= 4 is 5.97 Å². The van der Waals surface area contributed by atoms with Crippen molar-refractivity contribution in [1.82, 2.24) is 0 Å². The first-order chi connectivity index (χ1) is 8.50. The third-order valence-electron chi connectivity index (χ3n) is 6.99. The lowest BCUT2D eigenvalue weighted by atomic mass is 9.65. The summed E-state index contributed by atoms with van der Waals surface area (Å²) >= 11 is 0. The number of carbonyl (C=O) groups excluding carboxylic acids is 1. The highest BCUT2D eigenvalue weighted by atomic mass is 16.6. The van der Waals surface area contributed by atoms with Crippen LogP contribution in [0.3, 0.4) is 0 Å². The van der Waals surface area contributed by atoms with Gasteiger partial charge in [-0.05, 0) is 57.8 Å². The Morgan fingerprint density at radius 1 is 1.26 bits per heavy atom. The molecule has 2 bridgehead atoms. The van der Waals surface area contributed by atoms with Crippen LogP contribution in [0.5, 0.6) is 0 Å². The number of fused-ring (bicyclic) bond motifs is 2. The number of rotatable bonds is 3. The van der Waals surface area contributed by atoms with Crippen LogP contribution in [-0.4, -0.2) is 11.6 Å². The summed E-state index contributed by atoms with van der Waals surface area (Å²) < 4.78 is 6.09. The minimum Gasteiger partial charge on any atom is -0.458 e. The van der Waals surface area contributed by atoms with E-state index in [4.69, 9.17) is 4.74 Å². The first kappa shape index (κ1) is 14.9. The van der Waals surface area contributed by atoms with E-state index in [0.717, 1.165) is 12.8 Å². The third-order valence-corrected chi connectivity index (χ3v) is 6.99. The molecular formula is C17H30O2. The van der Waals surface area contributed by atoms with Gasteiger partial charge < -0.3 is 4.74 Å². The van der Waals surface area contributed by atoms with Crippen molar-refractivity contribution in [3.8, 4) is 0 Å². The molecule has 2 aliphatic carbocycles. The lowest BCUT2D eigenvalue weighted by Gasteiger charge is -2.46. The Balaban J connectivity index is 2.25.